The molecule has 0 N–H and O–H groups in total. The minimum absolute atomic E-state index is 0.124. The average molecular weight is 346 g/mol. The molecule has 1 atom stereocenters. The van der Waals surface area contributed by atoms with E-state index in [2.05, 4.69) is 32.9 Å². The van der Waals surface area contributed by atoms with Crippen molar-refractivity contribution in [2.45, 2.75) is 45.1 Å². The molecular formula is C14H19IO2. The van der Waals surface area contributed by atoms with Crippen LogP contribution in [0.3, 0.4) is 0 Å². The van der Waals surface area contributed by atoms with Crippen LogP contribution in [0.2, 0.25) is 0 Å². The van der Waals surface area contributed by atoms with Crippen LogP contribution in [0.1, 0.15) is 49.8 Å². The number of hydrogen-bond donors (Lipinski definition) is 0. The molecule has 0 aromatic heterocycles. The minimum atomic E-state index is -0.124. The van der Waals surface area contributed by atoms with Crippen LogP contribution in [0.4, 0.5) is 0 Å². The first kappa shape index (κ1) is 13.1. The summed E-state index contributed by atoms with van der Waals surface area (Å²) in [5, 5.41) is 0. The Morgan fingerprint density at radius 2 is 2.12 bits per heavy atom. The van der Waals surface area contributed by atoms with E-state index >= 15 is 0 Å². The van der Waals surface area contributed by atoms with Gasteiger partial charge in [0.15, 0.2) is 23.0 Å². The van der Waals surface area contributed by atoms with Gasteiger partial charge in [0, 0.05) is 19.1 Å². The molecule has 1 aliphatic rings. The van der Waals surface area contributed by atoms with Gasteiger partial charge < -0.3 is 7.80 Å². The molecule has 1 aliphatic carbocycles. The third kappa shape index (κ3) is 1.87. The molecule has 3 heteroatoms. The molecule has 0 saturated heterocycles. The maximum Gasteiger partial charge on any atom is 0.192 e. The van der Waals surface area contributed by atoms with Crippen molar-refractivity contribution in [1.29, 1.82) is 0 Å². The van der Waals surface area contributed by atoms with Crippen LogP contribution in [0.15, 0.2) is 12.1 Å². The minimum Gasteiger partial charge on any atom is -0.427 e. The third-order valence-electron chi connectivity index (χ3n) is 3.87. The zero-order valence-corrected chi connectivity index (χ0v) is 13.0. The van der Waals surface area contributed by atoms with Crippen LogP contribution in [0, 0.1) is 0 Å². The number of methoxy groups -OCH3 is 1. The first-order valence-corrected chi connectivity index (χ1v) is 6.97. The molecule has 0 saturated carbocycles. The van der Waals surface area contributed by atoms with Gasteiger partial charge in [0.1, 0.15) is 11.4 Å². The Bertz CT molecular complexity index is 422. The van der Waals surface area contributed by atoms with Crippen molar-refractivity contribution in [3.8, 4) is 5.75 Å². The van der Waals surface area contributed by atoms with Gasteiger partial charge >= 0.3 is 0 Å². The van der Waals surface area contributed by atoms with Crippen LogP contribution in [-0.4, -0.2) is 7.11 Å². The second-order valence-electron chi connectivity index (χ2n) is 4.98. The summed E-state index contributed by atoms with van der Waals surface area (Å²) >= 11 is 1.98. The standard InChI is InChI=1S/C14H19IO2/c1-5-14(16-4)8-10-6-7-11(9(2)3)13(17-15)12(10)14/h6-7,9H,5,8H2,1-4H3. The second-order valence-corrected chi connectivity index (χ2v) is 5.42. The van der Waals surface area contributed by atoms with Crippen molar-refractivity contribution in [3.05, 3.63) is 28.8 Å². The molecule has 1 aromatic rings. The molecule has 0 heterocycles. The fourth-order valence-corrected chi connectivity index (χ4v) is 3.21. The second kappa shape index (κ2) is 4.76. The predicted molar refractivity (Wildman–Crippen MR) is 77.9 cm³/mol. The molecule has 1 aromatic carbocycles. The van der Waals surface area contributed by atoms with Crippen LogP contribution >= 0.6 is 23.0 Å². The van der Waals surface area contributed by atoms with Crippen LogP contribution in [0.5, 0.6) is 5.75 Å². The summed E-state index contributed by atoms with van der Waals surface area (Å²) in [5.41, 5.74) is 3.78. The van der Waals surface area contributed by atoms with E-state index in [4.69, 9.17) is 7.80 Å². The van der Waals surface area contributed by atoms with E-state index in [1.165, 1.54) is 16.7 Å². The average Bonchev–Trinajstić information content (AvgIpc) is 2.30. The molecule has 0 fully saturated rings. The monoisotopic (exact) mass is 346 g/mol. The lowest BCUT2D eigenvalue weighted by atomic mass is 9.70. The molecule has 2 nitrogen and oxygen atoms in total. The maximum absolute atomic E-state index is 5.74. The van der Waals surface area contributed by atoms with E-state index in [9.17, 15) is 0 Å². The van der Waals surface area contributed by atoms with Gasteiger partial charge in [0.25, 0.3) is 0 Å². The molecule has 0 spiro atoms. The summed E-state index contributed by atoms with van der Waals surface area (Å²) in [6.45, 7) is 6.56. The summed E-state index contributed by atoms with van der Waals surface area (Å²) in [4.78, 5) is 0. The molecule has 0 amide bonds. The number of ether oxygens (including phenoxy) is 1. The van der Waals surface area contributed by atoms with Crippen molar-refractivity contribution < 1.29 is 7.80 Å². The van der Waals surface area contributed by atoms with Gasteiger partial charge in [-0.1, -0.05) is 32.9 Å². The van der Waals surface area contributed by atoms with Gasteiger partial charge in [0.05, 0.1) is 0 Å². The van der Waals surface area contributed by atoms with Crippen molar-refractivity contribution in [3.63, 3.8) is 0 Å². The first-order chi connectivity index (χ1) is 8.09. The topological polar surface area (TPSA) is 18.5 Å². The first-order valence-electron chi connectivity index (χ1n) is 6.09. The Morgan fingerprint density at radius 1 is 1.41 bits per heavy atom. The molecule has 0 bridgehead atoms. The summed E-state index contributed by atoms with van der Waals surface area (Å²) in [7, 11) is 1.80. The fourth-order valence-electron chi connectivity index (χ4n) is 2.73. The SMILES string of the molecule is CCC1(OC)Cc2ccc(C(C)C)c(OI)c21. The lowest BCUT2D eigenvalue weighted by molar-refractivity contribution is -0.0394. The summed E-state index contributed by atoms with van der Waals surface area (Å²) in [5.74, 6) is 1.49. The number of halogens is 1. The largest absolute Gasteiger partial charge is 0.427 e. The highest BCUT2D eigenvalue weighted by Crippen LogP contribution is 2.51. The van der Waals surface area contributed by atoms with E-state index in [1.807, 2.05) is 23.0 Å². The molecule has 94 valence electrons. The third-order valence-corrected chi connectivity index (χ3v) is 4.31. The molecule has 0 radical (unpaired) electrons. The van der Waals surface area contributed by atoms with Crippen molar-refractivity contribution in [1.82, 2.24) is 0 Å². The highest BCUT2D eigenvalue weighted by Gasteiger charge is 2.45. The molecule has 2 rings (SSSR count). The van der Waals surface area contributed by atoms with Crippen molar-refractivity contribution in [2.75, 3.05) is 7.11 Å². The van der Waals surface area contributed by atoms with Gasteiger partial charge in [-0.05, 0) is 23.5 Å². The van der Waals surface area contributed by atoms with Gasteiger partial charge in [-0.15, -0.1) is 0 Å². The van der Waals surface area contributed by atoms with Gasteiger partial charge in [-0.25, -0.2) is 0 Å². The maximum atomic E-state index is 5.74. The lowest BCUT2D eigenvalue weighted by Gasteiger charge is -2.43. The number of rotatable bonds is 4. The summed E-state index contributed by atoms with van der Waals surface area (Å²) < 4.78 is 11.4. The number of fused-ring (bicyclic) bond motifs is 1. The molecular weight excluding hydrogens is 327 g/mol. The Hall–Kier alpha value is -0.290. The highest BCUT2D eigenvalue weighted by molar-refractivity contribution is 14.1. The van der Waals surface area contributed by atoms with E-state index < -0.39 is 0 Å². The zero-order valence-electron chi connectivity index (χ0n) is 10.8. The van der Waals surface area contributed by atoms with Crippen molar-refractivity contribution >= 4 is 23.0 Å². The Balaban J connectivity index is 2.57. The van der Waals surface area contributed by atoms with Crippen LogP contribution in [-0.2, 0) is 16.8 Å². The lowest BCUT2D eigenvalue weighted by Crippen LogP contribution is -2.40. The Labute approximate surface area is 117 Å². The van der Waals surface area contributed by atoms with Crippen LogP contribution < -0.4 is 3.07 Å². The summed E-state index contributed by atoms with van der Waals surface area (Å²) in [6.07, 6.45) is 1.99. The Morgan fingerprint density at radius 3 is 2.59 bits per heavy atom. The van der Waals surface area contributed by atoms with E-state index in [0.717, 1.165) is 18.6 Å². The van der Waals surface area contributed by atoms with E-state index in [0.29, 0.717) is 5.92 Å². The highest BCUT2D eigenvalue weighted by atomic mass is 127. The van der Waals surface area contributed by atoms with E-state index in [-0.39, 0.29) is 5.60 Å². The van der Waals surface area contributed by atoms with Crippen molar-refractivity contribution in [2.24, 2.45) is 0 Å². The predicted octanol–water partition coefficient (Wildman–Crippen LogP) is 4.35. The van der Waals surface area contributed by atoms with E-state index in [1.54, 1.807) is 7.11 Å². The zero-order chi connectivity index (χ0) is 12.6. The van der Waals surface area contributed by atoms with Gasteiger partial charge in [-0.3, -0.25) is 0 Å². The fraction of sp³-hybridized carbons (Fsp3) is 0.571. The number of benzene rings is 1. The summed E-state index contributed by atoms with van der Waals surface area (Å²) in [6, 6.07) is 4.41. The van der Waals surface area contributed by atoms with Gasteiger partial charge in [-0.2, -0.15) is 0 Å². The van der Waals surface area contributed by atoms with Gasteiger partial charge in [0.2, 0.25) is 0 Å². The normalized spacial score (nSPS) is 22.2. The molecule has 17 heavy (non-hydrogen) atoms. The quantitative estimate of drug-likeness (QED) is 0.755. The van der Waals surface area contributed by atoms with Crippen LogP contribution in [0.25, 0.3) is 0 Å². The molecule has 1 unspecified atom stereocenters. The smallest absolute Gasteiger partial charge is 0.192 e. The Kier molecular flexibility index (Phi) is 3.69. The number of hydrogen-bond acceptors (Lipinski definition) is 2. The molecule has 0 aliphatic heterocycles.